The van der Waals surface area contributed by atoms with Gasteiger partial charge in [-0.1, -0.05) is 39.0 Å². The van der Waals surface area contributed by atoms with Crippen LogP contribution >= 0.6 is 0 Å². The molecule has 0 aromatic rings. The SMILES string of the molecule is CC1(C(N)=O)CCCCC1C1(N2CCCCC2)CCCC1. The smallest absolute Gasteiger partial charge is 0.223 e. The Bertz CT molecular complexity index is 383. The summed E-state index contributed by atoms with van der Waals surface area (Å²) in [6.07, 6.45) is 14.0. The van der Waals surface area contributed by atoms with Crippen LogP contribution in [0.25, 0.3) is 0 Å². The number of amides is 1. The van der Waals surface area contributed by atoms with Gasteiger partial charge in [-0.15, -0.1) is 0 Å². The van der Waals surface area contributed by atoms with Gasteiger partial charge in [-0.3, -0.25) is 9.69 Å². The molecule has 1 amide bonds. The molecule has 0 aromatic carbocycles. The molecule has 0 radical (unpaired) electrons. The Hall–Kier alpha value is -0.570. The zero-order chi connectivity index (χ0) is 14.9. The van der Waals surface area contributed by atoms with Gasteiger partial charge >= 0.3 is 0 Å². The van der Waals surface area contributed by atoms with Gasteiger partial charge in [-0.2, -0.15) is 0 Å². The van der Waals surface area contributed by atoms with E-state index in [1.54, 1.807) is 0 Å². The average Bonchev–Trinajstić information content (AvgIpc) is 2.99. The van der Waals surface area contributed by atoms with Crippen LogP contribution in [0.1, 0.15) is 77.6 Å². The molecule has 3 rings (SSSR count). The second kappa shape index (κ2) is 5.91. The molecule has 3 aliphatic rings. The summed E-state index contributed by atoms with van der Waals surface area (Å²) in [7, 11) is 0. The minimum atomic E-state index is -0.278. The molecule has 2 unspecified atom stereocenters. The lowest BCUT2D eigenvalue weighted by Crippen LogP contribution is -2.61. The normalized spacial score (nSPS) is 37.5. The molecule has 1 heterocycles. The largest absolute Gasteiger partial charge is 0.369 e. The molecule has 0 spiro atoms. The van der Waals surface area contributed by atoms with Gasteiger partial charge in [0.25, 0.3) is 0 Å². The maximum Gasteiger partial charge on any atom is 0.223 e. The Morgan fingerprint density at radius 2 is 1.57 bits per heavy atom. The summed E-state index contributed by atoms with van der Waals surface area (Å²) in [5.41, 5.74) is 5.90. The quantitative estimate of drug-likeness (QED) is 0.866. The highest BCUT2D eigenvalue weighted by atomic mass is 16.1. The van der Waals surface area contributed by atoms with Crippen molar-refractivity contribution in [2.45, 2.75) is 83.1 Å². The monoisotopic (exact) mass is 292 g/mol. The molecule has 2 aliphatic carbocycles. The van der Waals surface area contributed by atoms with E-state index in [2.05, 4.69) is 11.8 Å². The fourth-order valence-electron chi connectivity index (χ4n) is 5.70. The van der Waals surface area contributed by atoms with Crippen LogP contribution in [0.3, 0.4) is 0 Å². The lowest BCUT2D eigenvalue weighted by atomic mass is 9.58. The third kappa shape index (κ3) is 2.52. The molecule has 3 nitrogen and oxygen atoms in total. The second-order valence-electron chi connectivity index (χ2n) is 7.94. The summed E-state index contributed by atoms with van der Waals surface area (Å²) in [5.74, 6) is 0.437. The van der Waals surface area contributed by atoms with Crippen molar-refractivity contribution in [3.63, 3.8) is 0 Å². The molecule has 21 heavy (non-hydrogen) atoms. The third-order valence-corrected chi connectivity index (χ3v) is 6.87. The number of likely N-dealkylation sites (tertiary alicyclic amines) is 1. The summed E-state index contributed by atoms with van der Waals surface area (Å²) in [6.45, 7) is 4.65. The highest BCUT2D eigenvalue weighted by molar-refractivity contribution is 5.81. The van der Waals surface area contributed by atoms with Crippen LogP contribution in [0.4, 0.5) is 0 Å². The number of hydrogen-bond donors (Lipinski definition) is 1. The molecule has 1 aliphatic heterocycles. The van der Waals surface area contributed by atoms with Crippen LogP contribution in [-0.4, -0.2) is 29.4 Å². The number of nitrogens with zero attached hydrogens (tertiary/aromatic N) is 1. The van der Waals surface area contributed by atoms with E-state index in [4.69, 9.17) is 5.73 Å². The summed E-state index contributed by atoms with van der Waals surface area (Å²) >= 11 is 0. The second-order valence-corrected chi connectivity index (χ2v) is 7.94. The predicted octanol–water partition coefficient (Wildman–Crippen LogP) is 3.47. The molecule has 2 saturated carbocycles. The van der Waals surface area contributed by atoms with Crippen molar-refractivity contribution in [3.8, 4) is 0 Å². The van der Waals surface area contributed by atoms with Crippen LogP contribution in [0.5, 0.6) is 0 Å². The Morgan fingerprint density at radius 3 is 2.19 bits per heavy atom. The van der Waals surface area contributed by atoms with E-state index in [-0.39, 0.29) is 16.9 Å². The third-order valence-electron chi connectivity index (χ3n) is 6.87. The summed E-state index contributed by atoms with van der Waals surface area (Å²) in [4.78, 5) is 15.1. The first-order valence-electron chi connectivity index (χ1n) is 9.15. The molecule has 3 fully saturated rings. The van der Waals surface area contributed by atoms with Crippen molar-refractivity contribution in [3.05, 3.63) is 0 Å². The van der Waals surface area contributed by atoms with E-state index in [1.807, 2.05) is 0 Å². The van der Waals surface area contributed by atoms with Gasteiger partial charge in [0.15, 0.2) is 0 Å². The highest BCUT2D eigenvalue weighted by Gasteiger charge is 2.55. The first-order chi connectivity index (χ1) is 10.1. The standard InChI is InChI=1S/C18H32N2O/c1-17(16(19)21)10-4-3-9-15(17)18(11-5-6-12-18)20-13-7-2-8-14-20/h15H,2-14H2,1H3,(H2,19,21). The number of carbonyl (C=O) groups is 1. The number of piperidine rings is 1. The van der Waals surface area contributed by atoms with Crippen LogP contribution in [-0.2, 0) is 4.79 Å². The molecular formula is C18H32N2O. The van der Waals surface area contributed by atoms with Crippen LogP contribution in [0.15, 0.2) is 0 Å². The zero-order valence-electron chi connectivity index (χ0n) is 13.7. The molecule has 2 N–H and O–H groups in total. The fourth-order valence-corrected chi connectivity index (χ4v) is 5.70. The maximum absolute atomic E-state index is 12.3. The lowest BCUT2D eigenvalue weighted by molar-refractivity contribution is -0.139. The van der Waals surface area contributed by atoms with Crippen LogP contribution in [0, 0.1) is 11.3 Å². The van der Waals surface area contributed by atoms with Crippen molar-refractivity contribution in [1.29, 1.82) is 0 Å². The molecule has 3 heteroatoms. The van der Waals surface area contributed by atoms with E-state index < -0.39 is 0 Å². The topological polar surface area (TPSA) is 46.3 Å². The fraction of sp³-hybridized carbons (Fsp3) is 0.944. The van der Waals surface area contributed by atoms with Crippen LogP contribution < -0.4 is 5.73 Å². The number of rotatable bonds is 3. The van der Waals surface area contributed by atoms with Gasteiger partial charge in [0.1, 0.15) is 0 Å². The van der Waals surface area contributed by atoms with Crippen molar-refractivity contribution in [1.82, 2.24) is 4.90 Å². The maximum atomic E-state index is 12.3. The molecule has 0 aromatic heterocycles. The summed E-state index contributed by atoms with van der Waals surface area (Å²) < 4.78 is 0. The van der Waals surface area contributed by atoms with Gasteiger partial charge in [0, 0.05) is 5.54 Å². The van der Waals surface area contributed by atoms with Crippen molar-refractivity contribution in [2.24, 2.45) is 17.1 Å². The van der Waals surface area contributed by atoms with Crippen molar-refractivity contribution in [2.75, 3.05) is 13.1 Å². The van der Waals surface area contributed by atoms with Gasteiger partial charge in [-0.25, -0.2) is 0 Å². The van der Waals surface area contributed by atoms with E-state index in [1.165, 1.54) is 77.3 Å². The van der Waals surface area contributed by atoms with Gasteiger partial charge < -0.3 is 5.73 Å². The summed E-state index contributed by atoms with van der Waals surface area (Å²) in [5, 5.41) is 0. The number of hydrogen-bond acceptors (Lipinski definition) is 2. The Balaban J connectivity index is 1.93. The first kappa shape index (κ1) is 15.3. The summed E-state index contributed by atoms with van der Waals surface area (Å²) in [6, 6.07) is 0. The van der Waals surface area contributed by atoms with E-state index >= 15 is 0 Å². The first-order valence-corrected chi connectivity index (χ1v) is 9.15. The van der Waals surface area contributed by atoms with Gasteiger partial charge in [-0.05, 0) is 57.5 Å². The van der Waals surface area contributed by atoms with E-state index in [0.29, 0.717) is 5.92 Å². The molecule has 1 saturated heterocycles. The van der Waals surface area contributed by atoms with Crippen molar-refractivity contribution >= 4 is 5.91 Å². The number of carbonyl (C=O) groups excluding carboxylic acids is 1. The minimum absolute atomic E-state index is 0.0458. The van der Waals surface area contributed by atoms with E-state index in [0.717, 1.165) is 6.42 Å². The Labute approximate surface area is 129 Å². The minimum Gasteiger partial charge on any atom is -0.369 e. The van der Waals surface area contributed by atoms with E-state index in [9.17, 15) is 4.79 Å². The molecule has 2 atom stereocenters. The molecule has 0 bridgehead atoms. The Kier molecular flexibility index (Phi) is 4.31. The Morgan fingerprint density at radius 1 is 0.952 bits per heavy atom. The zero-order valence-corrected chi connectivity index (χ0v) is 13.7. The van der Waals surface area contributed by atoms with Crippen LogP contribution in [0.2, 0.25) is 0 Å². The number of primary amides is 1. The van der Waals surface area contributed by atoms with Gasteiger partial charge in [0.2, 0.25) is 5.91 Å². The van der Waals surface area contributed by atoms with Crippen molar-refractivity contribution < 1.29 is 4.79 Å². The molecule has 120 valence electrons. The average molecular weight is 292 g/mol. The van der Waals surface area contributed by atoms with Gasteiger partial charge in [0.05, 0.1) is 5.41 Å². The lowest BCUT2D eigenvalue weighted by Gasteiger charge is -2.55. The highest BCUT2D eigenvalue weighted by Crippen LogP contribution is 2.54. The number of nitrogens with two attached hydrogens (primary N) is 1. The predicted molar refractivity (Wildman–Crippen MR) is 85.9 cm³/mol. The molecular weight excluding hydrogens is 260 g/mol.